The predicted molar refractivity (Wildman–Crippen MR) is 63.2 cm³/mol. The smallest absolute Gasteiger partial charge is 0.131 e. The third kappa shape index (κ3) is 2.16. The molecule has 0 radical (unpaired) electrons. The molecule has 2 N–H and O–H groups in total. The molecule has 2 heterocycles. The van der Waals surface area contributed by atoms with Crippen LogP contribution in [0.2, 0.25) is 0 Å². The van der Waals surface area contributed by atoms with Crippen molar-refractivity contribution < 1.29 is 0 Å². The number of nitrogen functional groups attached to an aromatic ring is 1. The van der Waals surface area contributed by atoms with Gasteiger partial charge in [-0.05, 0) is 6.42 Å². The third-order valence-corrected chi connectivity index (χ3v) is 3.18. The van der Waals surface area contributed by atoms with Crippen molar-refractivity contribution in [2.24, 2.45) is 7.05 Å². The van der Waals surface area contributed by atoms with Crippen LogP contribution in [0.4, 0.5) is 5.82 Å². The van der Waals surface area contributed by atoms with E-state index in [0.717, 1.165) is 21.9 Å². The molecule has 0 fully saturated rings. The van der Waals surface area contributed by atoms with Gasteiger partial charge < -0.3 is 5.73 Å². The van der Waals surface area contributed by atoms with Gasteiger partial charge in [0.05, 0.1) is 11.1 Å². The molecule has 0 amide bonds. The normalized spacial score (nSPS) is 10.6. The van der Waals surface area contributed by atoms with E-state index in [-0.39, 0.29) is 0 Å². The number of nitrogens with zero attached hydrogens (tertiary/aromatic N) is 4. The molecule has 0 saturated carbocycles. The van der Waals surface area contributed by atoms with Crippen molar-refractivity contribution in [3.8, 4) is 0 Å². The van der Waals surface area contributed by atoms with Crippen LogP contribution in [0, 0.1) is 0 Å². The molecule has 2 aromatic heterocycles. The molecule has 2 rings (SSSR count). The highest BCUT2D eigenvalue weighted by molar-refractivity contribution is 7.99. The van der Waals surface area contributed by atoms with Gasteiger partial charge in [-0.2, -0.15) is 5.10 Å². The summed E-state index contributed by atoms with van der Waals surface area (Å²) in [7, 11) is 1.89. The largest absolute Gasteiger partial charge is 0.383 e. The van der Waals surface area contributed by atoms with Crippen LogP contribution >= 0.6 is 11.8 Å². The van der Waals surface area contributed by atoms with Gasteiger partial charge in [0.1, 0.15) is 17.2 Å². The Morgan fingerprint density at radius 3 is 2.88 bits per heavy atom. The Labute approximate surface area is 98.1 Å². The second-order valence-corrected chi connectivity index (χ2v) is 4.41. The van der Waals surface area contributed by atoms with Crippen molar-refractivity contribution in [3.05, 3.63) is 24.3 Å². The van der Waals surface area contributed by atoms with Crippen LogP contribution < -0.4 is 5.73 Å². The Bertz CT molecular complexity index is 494. The van der Waals surface area contributed by atoms with E-state index in [1.54, 1.807) is 16.4 Å². The number of hydrogen-bond acceptors (Lipinski definition) is 5. The Hall–Kier alpha value is -1.56. The van der Waals surface area contributed by atoms with Crippen molar-refractivity contribution in [3.63, 3.8) is 0 Å². The highest BCUT2D eigenvalue weighted by Gasteiger charge is 2.09. The number of rotatable bonds is 3. The van der Waals surface area contributed by atoms with Crippen molar-refractivity contribution >= 4 is 17.6 Å². The van der Waals surface area contributed by atoms with Gasteiger partial charge in [0.2, 0.25) is 0 Å². The second kappa shape index (κ2) is 4.52. The summed E-state index contributed by atoms with van der Waals surface area (Å²) < 4.78 is 1.76. The van der Waals surface area contributed by atoms with Gasteiger partial charge in [-0.15, -0.1) is 0 Å². The summed E-state index contributed by atoms with van der Waals surface area (Å²) in [4.78, 5) is 9.29. The molecule has 0 aliphatic carbocycles. The fourth-order valence-corrected chi connectivity index (χ4v) is 2.39. The van der Waals surface area contributed by atoms with Gasteiger partial charge in [-0.25, -0.2) is 9.97 Å². The lowest BCUT2D eigenvalue weighted by molar-refractivity contribution is 0.766. The maximum absolute atomic E-state index is 5.81. The van der Waals surface area contributed by atoms with Crippen molar-refractivity contribution in [1.82, 2.24) is 19.7 Å². The van der Waals surface area contributed by atoms with Gasteiger partial charge in [-0.3, -0.25) is 4.68 Å². The van der Waals surface area contributed by atoms with E-state index in [1.807, 2.05) is 26.4 Å². The minimum absolute atomic E-state index is 0.559. The maximum Gasteiger partial charge on any atom is 0.131 e. The Morgan fingerprint density at radius 2 is 2.25 bits per heavy atom. The van der Waals surface area contributed by atoms with E-state index >= 15 is 0 Å². The second-order valence-electron chi connectivity index (χ2n) is 3.35. The van der Waals surface area contributed by atoms with E-state index in [2.05, 4.69) is 15.1 Å². The minimum atomic E-state index is 0.559. The predicted octanol–water partition coefficient (Wildman–Crippen LogP) is 1.51. The summed E-state index contributed by atoms with van der Waals surface area (Å²) in [5, 5.41) is 5.02. The van der Waals surface area contributed by atoms with Gasteiger partial charge in [0.15, 0.2) is 0 Å². The van der Waals surface area contributed by atoms with Crippen LogP contribution in [-0.2, 0) is 13.5 Å². The molecule has 0 aliphatic heterocycles. The molecule has 84 valence electrons. The first-order chi connectivity index (χ1) is 7.70. The molecule has 0 bridgehead atoms. The van der Waals surface area contributed by atoms with Gasteiger partial charge in [0.25, 0.3) is 0 Å². The molecule has 2 aromatic rings. The highest BCUT2D eigenvalue weighted by Crippen LogP contribution is 2.29. The summed E-state index contributed by atoms with van der Waals surface area (Å²) in [6.45, 7) is 2.04. The lowest BCUT2D eigenvalue weighted by atomic mass is 10.2. The average molecular weight is 235 g/mol. The highest BCUT2D eigenvalue weighted by atomic mass is 32.2. The van der Waals surface area contributed by atoms with E-state index in [9.17, 15) is 0 Å². The number of aromatic nitrogens is 4. The zero-order valence-corrected chi connectivity index (χ0v) is 10.0. The van der Waals surface area contributed by atoms with E-state index in [4.69, 9.17) is 5.73 Å². The fraction of sp³-hybridized carbons (Fsp3) is 0.300. The zero-order valence-electron chi connectivity index (χ0n) is 9.21. The molecule has 0 atom stereocenters. The molecule has 0 spiro atoms. The van der Waals surface area contributed by atoms with Crippen molar-refractivity contribution in [1.29, 1.82) is 0 Å². The SMILES string of the molecule is CCc1c(N)ncnc1Sc1cnn(C)c1. The van der Waals surface area contributed by atoms with Gasteiger partial charge >= 0.3 is 0 Å². The molecule has 16 heavy (non-hydrogen) atoms. The monoisotopic (exact) mass is 235 g/mol. The zero-order chi connectivity index (χ0) is 11.5. The lowest BCUT2D eigenvalue weighted by Gasteiger charge is -2.06. The quantitative estimate of drug-likeness (QED) is 0.816. The van der Waals surface area contributed by atoms with Crippen molar-refractivity contribution in [2.75, 3.05) is 5.73 Å². The lowest BCUT2D eigenvalue weighted by Crippen LogP contribution is -2.00. The molecule has 0 saturated heterocycles. The Balaban J connectivity index is 2.30. The van der Waals surface area contributed by atoms with Crippen LogP contribution in [0.25, 0.3) is 0 Å². The molecule has 0 unspecified atom stereocenters. The first-order valence-electron chi connectivity index (χ1n) is 4.96. The van der Waals surface area contributed by atoms with Gasteiger partial charge in [-0.1, -0.05) is 18.7 Å². The minimum Gasteiger partial charge on any atom is -0.383 e. The summed E-state index contributed by atoms with van der Waals surface area (Å²) in [5.41, 5.74) is 6.80. The molecule has 5 nitrogen and oxygen atoms in total. The number of anilines is 1. The van der Waals surface area contributed by atoms with Crippen LogP contribution in [0.15, 0.2) is 28.6 Å². The number of aryl methyl sites for hydroxylation is 1. The van der Waals surface area contributed by atoms with E-state index in [1.165, 1.54) is 6.33 Å². The summed E-state index contributed by atoms with van der Waals surface area (Å²) >= 11 is 1.56. The third-order valence-electron chi connectivity index (χ3n) is 2.19. The van der Waals surface area contributed by atoms with Gasteiger partial charge in [0, 0.05) is 18.8 Å². The molecule has 0 aliphatic rings. The molecule has 0 aromatic carbocycles. The first kappa shape index (κ1) is 10.9. The van der Waals surface area contributed by atoms with Crippen LogP contribution in [0.5, 0.6) is 0 Å². The summed E-state index contributed by atoms with van der Waals surface area (Å²) in [6.07, 6.45) is 6.08. The molecular formula is C10H13N5S. The molecule has 6 heteroatoms. The topological polar surface area (TPSA) is 69.6 Å². The number of hydrogen-bond donors (Lipinski definition) is 1. The Kier molecular flexibility index (Phi) is 3.09. The Morgan fingerprint density at radius 1 is 1.44 bits per heavy atom. The maximum atomic E-state index is 5.81. The standard InChI is InChI=1S/C10H13N5S/c1-3-8-9(11)12-6-13-10(8)16-7-4-14-15(2)5-7/h4-6H,3H2,1-2H3,(H2,11,12,13). The van der Waals surface area contributed by atoms with E-state index < -0.39 is 0 Å². The van der Waals surface area contributed by atoms with Crippen LogP contribution in [-0.4, -0.2) is 19.7 Å². The summed E-state index contributed by atoms with van der Waals surface area (Å²) in [6, 6.07) is 0. The number of nitrogens with two attached hydrogens (primary N) is 1. The molecular weight excluding hydrogens is 222 g/mol. The van der Waals surface area contributed by atoms with Crippen LogP contribution in [0.3, 0.4) is 0 Å². The first-order valence-corrected chi connectivity index (χ1v) is 5.78. The van der Waals surface area contributed by atoms with Crippen molar-refractivity contribution in [2.45, 2.75) is 23.3 Å². The van der Waals surface area contributed by atoms with Crippen LogP contribution in [0.1, 0.15) is 12.5 Å². The fourth-order valence-electron chi connectivity index (χ4n) is 1.39. The summed E-state index contributed by atoms with van der Waals surface area (Å²) in [5.74, 6) is 0.559. The van der Waals surface area contributed by atoms with E-state index in [0.29, 0.717) is 5.82 Å². The average Bonchev–Trinajstić information content (AvgIpc) is 2.64.